The Balaban J connectivity index is 1.62. The fourth-order valence-electron chi connectivity index (χ4n) is 5.00. The molecule has 3 aromatic rings. The highest BCUT2D eigenvalue weighted by Gasteiger charge is 2.32. The molecule has 1 saturated carbocycles. The largest absolute Gasteiger partial charge is 0.427 e. The summed E-state index contributed by atoms with van der Waals surface area (Å²) in [5.74, 6) is 2.28. The number of imidazole rings is 1. The van der Waals surface area contributed by atoms with Crippen molar-refractivity contribution in [3.05, 3.63) is 41.2 Å². The molecule has 2 fully saturated rings. The third-order valence-electron chi connectivity index (χ3n) is 7.21. The molecule has 0 radical (unpaired) electrons. The minimum absolute atomic E-state index is 0.123. The topological polar surface area (TPSA) is 109 Å². The minimum atomic E-state index is -4.41. The zero-order valence-electron chi connectivity index (χ0n) is 22.3. The molecule has 1 unspecified atom stereocenters. The number of anilines is 2. The second kappa shape index (κ2) is 10.5. The van der Waals surface area contributed by atoms with Gasteiger partial charge in [-0.25, -0.2) is 14.8 Å². The Morgan fingerprint density at radius 3 is 2.44 bits per heavy atom. The second-order valence-electron chi connectivity index (χ2n) is 10.8. The lowest BCUT2D eigenvalue weighted by molar-refractivity contribution is -0.137. The van der Waals surface area contributed by atoms with E-state index in [9.17, 15) is 18.0 Å². The smallest absolute Gasteiger partial charge is 0.365 e. The fourth-order valence-corrected chi connectivity index (χ4v) is 5.00. The van der Waals surface area contributed by atoms with Crippen LogP contribution in [0.25, 0.3) is 11.2 Å². The Labute approximate surface area is 224 Å². The van der Waals surface area contributed by atoms with Crippen LogP contribution in [0.4, 0.5) is 29.7 Å². The molecule has 0 spiro atoms. The molecule has 3 N–H and O–H groups in total. The van der Waals surface area contributed by atoms with Crippen LogP contribution in [0.3, 0.4) is 0 Å². The number of halogens is 3. The Morgan fingerprint density at radius 2 is 1.87 bits per heavy atom. The molecule has 210 valence electrons. The van der Waals surface area contributed by atoms with Crippen molar-refractivity contribution in [1.29, 1.82) is 0 Å². The number of aromatic nitrogens is 4. The molecular formula is C26H33F3N8O2. The number of rotatable bonds is 9. The van der Waals surface area contributed by atoms with Gasteiger partial charge in [-0.1, -0.05) is 32.4 Å². The van der Waals surface area contributed by atoms with Crippen LogP contribution in [0.2, 0.25) is 0 Å². The third-order valence-corrected chi connectivity index (χ3v) is 7.21. The van der Waals surface area contributed by atoms with Gasteiger partial charge in [-0.15, -0.1) is 5.48 Å². The van der Waals surface area contributed by atoms with Crippen molar-refractivity contribution in [2.24, 2.45) is 11.8 Å². The maximum Gasteiger partial charge on any atom is 0.427 e. The van der Waals surface area contributed by atoms with E-state index in [2.05, 4.69) is 41.9 Å². The number of nitrogens with zero attached hydrogens (tertiary/aromatic N) is 5. The number of fused-ring (bicyclic) bond motifs is 1. The van der Waals surface area contributed by atoms with Gasteiger partial charge < -0.3 is 19.6 Å². The zero-order valence-corrected chi connectivity index (χ0v) is 22.3. The maximum atomic E-state index is 13.2. The van der Waals surface area contributed by atoms with E-state index in [1.165, 1.54) is 18.6 Å². The van der Waals surface area contributed by atoms with Gasteiger partial charge in [0, 0.05) is 19.6 Å². The zero-order chi connectivity index (χ0) is 27.9. The average molecular weight is 547 g/mol. The van der Waals surface area contributed by atoms with Crippen LogP contribution in [0, 0.1) is 11.8 Å². The number of hydrogen-bond donors (Lipinski definition) is 3. The van der Waals surface area contributed by atoms with Gasteiger partial charge in [0.05, 0.1) is 12.1 Å². The predicted molar refractivity (Wildman–Crippen MR) is 140 cm³/mol. The van der Waals surface area contributed by atoms with Gasteiger partial charge >= 0.3 is 12.3 Å². The number of amides is 1. The molecule has 3 heterocycles. The van der Waals surface area contributed by atoms with Crippen molar-refractivity contribution in [3.63, 3.8) is 0 Å². The number of carbonyl (C=O) groups excluding carboxylic acids is 1. The van der Waals surface area contributed by atoms with Crippen LogP contribution >= 0.6 is 0 Å². The molecule has 2 aliphatic rings. The van der Waals surface area contributed by atoms with Crippen LogP contribution in [0.15, 0.2) is 24.3 Å². The molecule has 13 heteroatoms. The number of hydrogen-bond acceptors (Lipinski definition) is 8. The molecule has 1 amide bonds. The lowest BCUT2D eigenvalue weighted by Crippen LogP contribution is -2.32. The summed E-state index contributed by atoms with van der Waals surface area (Å²) in [6.45, 7) is 7.27. The molecule has 5 rings (SSSR count). The van der Waals surface area contributed by atoms with Crippen LogP contribution in [-0.2, 0) is 17.6 Å². The highest BCUT2D eigenvalue weighted by Crippen LogP contribution is 2.34. The molecule has 1 saturated heterocycles. The van der Waals surface area contributed by atoms with Crippen LogP contribution in [-0.4, -0.2) is 45.2 Å². The first-order valence-corrected chi connectivity index (χ1v) is 13.1. The van der Waals surface area contributed by atoms with E-state index in [4.69, 9.17) is 14.8 Å². The number of alkyl halides is 3. The molecule has 2 atom stereocenters. The summed E-state index contributed by atoms with van der Waals surface area (Å²) in [5.41, 5.74) is 3.62. The predicted octanol–water partition coefficient (Wildman–Crippen LogP) is 4.83. The summed E-state index contributed by atoms with van der Waals surface area (Å²) >= 11 is 0. The van der Waals surface area contributed by atoms with Crippen LogP contribution in [0.5, 0.6) is 0 Å². The Bertz CT molecular complexity index is 1340. The monoisotopic (exact) mass is 546 g/mol. The highest BCUT2D eigenvalue weighted by atomic mass is 19.4. The van der Waals surface area contributed by atoms with Crippen molar-refractivity contribution >= 4 is 29.0 Å². The van der Waals surface area contributed by atoms with Gasteiger partial charge in [-0.05, 0) is 49.3 Å². The standard InChI is InChI=1S/C26H33F3N8O2/c1-14(2)12-36(4)24-33-21-19(37(24)13-16-8-10-18(11-9-16)26(27,28)29)20(30-15(3)17-6-5-7-17)31-22(32-21)23-34-25(38)39-35-23/h8-11,14-15,17,23,35H,5-7,12-13H2,1-4H3,(H,34,38)(H,30,31,32)/t15-,23?/m1/s1. The van der Waals surface area contributed by atoms with Crippen molar-refractivity contribution in [1.82, 2.24) is 30.3 Å². The van der Waals surface area contributed by atoms with E-state index in [1.807, 2.05) is 16.5 Å². The summed E-state index contributed by atoms with van der Waals surface area (Å²) in [7, 11) is 1.93. The van der Waals surface area contributed by atoms with E-state index in [0.29, 0.717) is 46.9 Å². The number of hydroxylamine groups is 1. The van der Waals surface area contributed by atoms with Gasteiger partial charge in [0.1, 0.15) is 5.52 Å². The van der Waals surface area contributed by atoms with Crippen LogP contribution < -0.4 is 21.0 Å². The van der Waals surface area contributed by atoms with E-state index in [-0.39, 0.29) is 18.4 Å². The molecular weight excluding hydrogens is 513 g/mol. The summed E-state index contributed by atoms with van der Waals surface area (Å²) < 4.78 is 41.5. The minimum Gasteiger partial charge on any atom is -0.365 e. The van der Waals surface area contributed by atoms with Crippen molar-refractivity contribution < 1.29 is 22.8 Å². The number of nitrogens with one attached hydrogen (secondary N) is 3. The van der Waals surface area contributed by atoms with Crippen molar-refractivity contribution in [2.75, 3.05) is 23.8 Å². The van der Waals surface area contributed by atoms with Gasteiger partial charge in [-0.2, -0.15) is 18.2 Å². The quantitative estimate of drug-likeness (QED) is 0.350. The first-order chi connectivity index (χ1) is 18.5. The van der Waals surface area contributed by atoms with E-state index in [1.54, 1.807) is 0 Å². The van der Waals surface area contributed by atoms with E-state index < -0.39 is 24.0 Å². The Hall–Kier alpha value is -3.61. The molecule has 1 aliphatic heterocycles. The lowest BCUT2D eigenvalue weighted by atomic mass is 9.80. The van der Waals surface area contributed by atoms with Gasteiger partial charge in [0.25, 0.3) is 0 Å². The number of benzene rings is 1. The summed E-state index contributed by atoms with van der Waals surface area (Å²) in [5, 5.41) is 6.18. The summed E-state index contributed by atoms with van der Waals surface area (Å²) in [4.78, 5) is 32.8. The molecule has 10 nitrogen and oxygen atoms in total. The first-order valence-electron chi connectivity index (χ1n) is 13.1. The molecule has 1 aliphatic carbocycles. The third kappa shape index (κ3) is 5.72. The van der Waals surface area contributed by atoms with Crippen molar-refractivity contribution in [2.45, 2.75) is 65.0 Å². The van der Waals surface area contributed by atoms with E-state index in [0.717, 1.165) is 25.0 Å². The average Bonchev–Trinajstić information content (AvgIpc) is 3.41. The van der Waals surface area contributed by atoms with E-state index >= 15 is 0 Å². The summed E-state index contributed by atoms with van der Waals surface area (Å²) in [6.07, 6.45) is -2.36. The fraction of sp³-hybridized carbons (Fsp3) is 0.538. The molecule has 1 aromatic carbocycles. The maximum absolute atomic E-state index is 13.2. The van der Waals surface area contributed by atoms with Gasteiger partial charge in [0.15, 0.2) is 23.5 Å². The lowest BCUT2D eigenvalue weighted by Gasteiger charge is -2.32. The summed E-state index contributed by atoms with van der Waals surface area (Å²) in [6, 6.07) is 5.27. The Morgan fingerprint density at radius 1 is 1.15 bits per heavy atom. The van der Waals surface area contributed by atoms with Gasteiger partial charge in [-0.3, -0.25) is 5.32 Å². The normalized spacial score (nSPS) is 18.7. The molecule has 39 heavy (non-hydrogen) atoms. The number of carbonyl (C=O) groups is 1. The highest BCUT2D eigenvalue weighted by molar-refractivity contribution is 5.86. The molecule has 0 bridgehead atoms. The van der Waals surface area contributed by atoms with Gasteiger partial charge in [0.2, 0.25) is 5.95 Å². The second-order valence-corrected chi connectivity index (χ2v) is 10.8. The Kier molecular flexibility index (Phi) is 7.27. The first kappa shape index (κ1) is 27.0. The van der Waals surface area contributed by atoms with Crippen molar-refractivity contribution in [3.8, 4) is 0 Å². The van der Waals surface area contributed by atoms with Crippen LogP contribution in [0.1, 0.15) is 63.2 Å². The SMILES string of the molecule is CC(C)CN(C)c1nc2nc(C3NOC(=O)N3)nc(N[C@H](C)C3CCC3)c2n1Cc1ccc(C(F)(F)F)cc1. The molecule has 2 aromatic heterocycles.